The largest absolute Gasteiger partial charge is 0.389 e. The van der Waals surface area contributed by atoms with Crippen molar-refractivity contribution in [2.75, 3.05) is 6.54 Å². The molecule has 0 radical (unpaired) electrons. The van der Waals surface area contributed by atoms with E-state index < -0.39 is 5.60 Å². The highest BCUT2D eigenvalue weighted by molar-refractivity contribution is 7.17. The van der Waals surface area contributed by atoms with Gasteiger partial charge in [-0.3, -0.25) is 4.98 Å². The Balaban J connectivity index is 1.60. The van der Waals surface area contributed by atoms with Gasteiger partial charge in [-0.05, 0) is 42.3 Å². The molecular formula is C13H16N2OS. The van der Waals surface area contributed by atoms with Gasteiger partial charge in [-0.25, -0.2) is 0 Å². The first-order chi connectivity index (χ1) is 8.25. The third-order valence-corrected chi connectivity index (χ3v) is 4.28. The minimum absolute atomic E-state index is 0.444. The molecule has 2 N–H and O–H groups in total. The number of pyridine rings is 1. The summed E-state index contributed by atoms with van der Waals surface area (Å²) in [5.41, 5.74) is 1.81. The second-order valence-electron chi connectivity index (χ2n) is 4.83. The van der Waals surface area contributed by atoms with Crippen LogP contribution in [-0.2, 0) is 6.54 Å². The van der Waals surface area contributed by atoms with Crippen molar-refractivity contribution < 1.29 is 5.11 Å². The summed E-state index contributed by atoms with van der Waals surface area (Å²) in [4.78, 5) is 4.40. The SMILES string of the molecule is OC1(CNCc2cnc3ccsc3c2)CCC1. The minimum Gasteiger partial charge on any atom is -0.389 e. The van der Waals surface area contributed by atoms with E-state index in [-0.39, 0.29) is 0 Å². The van der Waals surface area contributed by atoms with Crippen molar-refractivity contribution in [2.45, 2.75) is 31.4 Å². The number of hydrogen-bond donors (Lipinski definition) is 2. The highest BCUT2D eigenvalue weighted by atomic mass is 32.1. The van der Waals surface area contributed by atoms with Gasteiger partial charge in [0.15, 0.2) is 0 Å². The topological polar surface area (TPSA) is 45.1 Å². The van der Waals surface area contributed by atoms with E-state index in [0.717, 1.165) is 31.3 Å². The molecule has 3 rings (SSSR count). The molecule has 2 heterocycles. The number of nitrogens with zero attached hydrogens (tertiary/aromatic N) is 1. The first kappa shape index (κ1) is 11.1. The van der Waals surface area contributed by atoms with Crippen molar-refractivity contribution in [3.63, 3.8) is 0 Å². The molecule has 0 aliphatic heterocycles. The predicted molar refractivity (Wildman–Crippen MR) is 70.1 cm³/mol. The quantitative estimate of drug-likeness (QED) is 0.872. The fourth-order valence-corrected chi connectivity index (χ4v) is 2.99. The van der Waals surface area contributed by atoms with Gasteiger partial charge in [-0.2, -0.15) is 0 Å². The molecule has 1 saturated carbocycles. The van der Waals surface area contributed by atoms with E-state index in [9.17, 15) is 5.11 Å². The maximum atomic E-state index is 9.95. The average Bonchev–Trinajstić information content (AvgIpc) is 2.74. The van der Waals surface area contributed by atoms with Crippen LogP contribution < -0.4 is 5.32 Å². The fraction of sp³-hybridized carbons (Fsp3) is 0.462. The summed E-state index contributed by atoms with van der Waals surface area (Å²) < 4.78 is 1.23. The smallest absolute Gasteiger partial charge is 0.0809 e. The molecule has 0 aromatic carbocycles. The molecule has 1 fully saturated rings. The molecule has 3 nitrogen and oxygen atoms in total. The number of nitrogens with one attached hydrogen (secondary N) is 1. The summed E-state index contributed by atoms with van der Waals surface area (Å²) in [6.45, 7) is 1.47. The summed E-state index contributed by atoms with van der Waals surface area (Å²) in [7, 11) is 0. The molecular weight excluding hydrogens is 232 g/mol. The van der Waals surface area contributed by atoms with Crippen molar-refractivity contribution in [3.05, 3.63) is 29.3 Å². The van der Waals surface area contributed by atoms with Crippen LogP contribution in [0.5, 0.6) is 0 Å². The number of aliphatic hydroxyl groups is 1. The van der Waals surface area contributed by atoms with E-state index >= 15 is 0 Å². The summed E-state index contributed by atoms with van der Waals surface area (Å²) >= 11 is 1.72. The predicted octanol–water partition coefficient (Wildman–Crippen LogP) is 2.30. The first-order valence-electron chi connectivity index (χ1n) is 6.00. The second kappa shape index (κ2) is 4.37. The van der Waals surface area contributed by atoms with E-state index in [2.05, 4.69) is 21.7 Å². The minimum atomic E-state index is -0.444. The second-order valence-corrected chi connectivity index (χ2v) is 5.78. The molecule has 0 atom stereocenters. The maximum absolute atomic E-state index is 9.95. The number of fused-ring (bicyclic) bond motifs is 1. The Bertz CT molecular complexity index is 519. The van der Waals surface area contributed by atoms with Gasteiger partial charge < -0.3 is 10.4 Å². The van der Waals surface area contributed by atoms with Gasteiger partial charge in [0.1, 0.15) is 0 Å². The molecule has 17 heavy (non-hydrogen) atoms. The third-order valence-electron chi connectivity index (χ3n) is 3.43. The molecule has 0 amide bonds. The van der Waals surface area contributed by atoms with E-state index in [0.29, 0.717) is 6.54 Å². The van der Waals surface area contributed by atoms with E-state index in [4.69, 9.17) is 0 Å². The number of aromatic nitrogens is 1. The van der Waals surface area contributed by atoms with E-state index in [1.807, 2.05) is 12.3 Å². The molecule has 90 valence electrons. The highest BCUT2D eigenvalue weighted by Gasteiger charge is 2.33. The lowest BCUT2D eigenvalue weighted by Crippen LogP contribution is -2.45. The van der Waals surface area contributed by atoms with Gasteiger partial charge in [0.25, 0.3) is 0 Å². The van der Waals surface area contributed by atoms with Crippen LogP contribution in [0.3, 0.4) is 0 Å². The molecule has 0 bridgehead atoms. The zero-order chi connectivity index (χ0) is 11.7. The Hall–Kier alpha value is -0.970. The Morgan fingerprint density at radius 1 is 1.47 bits per heavy atom. The van der Waals surface area contributed by atoms with Crippen LogP contribution in [-0.4, -0.2) is 22.2 Å². The zero-order valence-corrected chi connectivity index (χ0v) is 10.5. The van der Waals surface area contributed by atoms with E-state index in [1.165, 1.54) is 10.3 Å². The van der Waals surface area contributed by atoms with Crippen molar-refractivity contribution in [2.24, 2.45) is 0 Å². The van der Waals surface area contributed by atoms with Crippen molar-refractivity contribution in [1.29, 1.82) is 0 Å². The third kappa shape index (κ3) is 2.34. The van der Waals surface area contributed by atoms with Crippen LogP contribution in [0.4, 0.5) is 0 Å². The zero-order valence-electron chi connectivity index (χ0n) is 9.65. The Morgan fingerprint density at radius 2 is 2.35 bits per heavy atom. The van der Waals surface area contributed by atoms with E-state index in [1.54, 1.807) is 11.3 Å². The lowest BCUT2D eigenvalue weighted by molar-refractivity contribution is -0.0314. The summed E-state index contributed by atoms with van der Waals surface area (Å²) in [6.07, 6.45) is 4.93. The van der Waals surface area contributed by atoms with Crippen molar-refractivity contribution in [1.82, 2.24) is 10.3 Å². The maximum Gasteiger partial charge on any atom is 0.0809 e. The molecule has 2 aromatic rings. The van der Waals surface area contributed by atoms with Gasteiger partial charge in [0.05, 0.1) is 15.8 Å². The van der Waals surface area contributed by atoms with Gasteiger partial charge in [0.2, 0.25) is 0 Å². The average molecular weight is 248 g/mol. The Kier molecular flexibility index (Phi) is 2.86. The summed E-state index contributed by atoms with van der Waals surface area (Å²) in [5.74, 6) is 0. The number of hydrogen-bond acceptors (Lipinski definition) is 4. The summed E-state index contributed by atoms with van der Waals surface area (Å²) in [6, 6.07) is 4.21. The molecule has 1 aliphatic rings. The van der Waals surface area contributed by atoms with Crippen LogP contribution in [0, 0.1) is 0 Å². The normalized spacial score (nSPS) is 18.2. The van der Waals surface area contributed by atoms with Gasteiger partial charge >= 0.3 is 0 Å². The molecule has 1 aliphatic carbocycles. The monoisotopic (exact) mass is 248 g/mol. The first-order valence-corrected chi connectivity index (χ1v) is 6.88. The van der Waals surface area contributed by atoms with Crippen LogP contribution >= 0.6 is 11.3 Å². The number of rotatable bonds is 4. The van der Waals surface area contributed by atoms with Gasteiger partial charge in [0, 0.05) is 19.3 Å². The molecule has 2 aromatic heterocycles. The van der Waals surface area contributed by atoms with Gasteiger partial charge in [-0.1, -0.05) is 0 Å². The Morgan fingerprint density at radius 3 is 3.12 bits per heavy atom. The number of thiophene rings is 1. The lowest BCUT2D eigenvalue weighted by Gasteiger charge is -2.36. The van der Waals surface area contributed by atoms with Crippen molar-refractivity contribution in [3.8, 4) is 0 Å². The highest BCUT2D eigenvalue weighted by Crippen LogP contribution is 2.30. The molecule has 0 unspecified atom stereocenters. The van der Waals surface area contributed by atoms with Gasteiger partial charge in [-0.15, -0.1) is 11.3 Å². The Labute approximate surface area is 105 Å². The fourth-order valence-electron chi connectivity index (χ4n) is 2.18. The van der Waals surface area contributed by atoms with Crippen LogP contribution in [0.15, 0.2) is 23.7 Å². The van der Waals surface area contributed by atoms with Crippen molar-refractivity contribution >= 4 is 21.6 Å². The standard InChI is InChI=1S/C13H16N2OS/c16-13(3-1-4-13)9-14-7-10-6-12-11(15-8-10)2-5-17-12/h2,5-6,8,14,16H,1,3-4,7,9H2. The summed E-state index contributed by atoms with van der Waals surface area (Å²) in [5, 5.41) is 15.3. The van der Waals surface area contributed by atoms with Crippen LogP contribution in [0.1, 0.15) is 24.8 Å². The lowest BCUT2D eigenvalue weighted by atomic mass is 9.80. The van der Waals surface area contributed by atoms with Crippen LogP contribution in [0.2, 0.25) is 0 Å². The molecule has 4 heteroatoms. The molecule has 0 spiro atoms. The molecule has 0 saturated heterocycles. The van der Waals surface area contributed by atoms with Crippen LogP contribution in [0.25, 0.3) is 10.2 Å².